The number of fused-ring (bicyclic) bond motifs is 4. The number of amides is 2. The summed E-state index contributed by atoms with van der Waals surface area (Å²) >= 11 is 0. The van der Waals surface area contributed by atoms with Crippen LogP contribution in [0.15, 0.2) is 60.7 Å². The molecule has 39 heavy (non-hydrogen) atoms. The number of anilines is 1. The highest BCUT2D eigenvalue weighted by Gasteiger charge is 2.48. The number of rotatable bonds is 3. The zero-order valence-electron chi connectivity index (χ0n) is 22.3. The molecule has 6 nitrogen and oxygen atoms in total. The Labute approximate surface area is 228 Å². The van der Waals surface area contributed by atoms with Crippen LogP contribution in [0.25, 0.3) is 11.6 Å². The van der Waals surface area contributed by atoms with Crippen LogP contribution < -0.4 is 10.1 Å². The number of likely N-dealkylation sites (N-methyl/N-ethyl adjacent to an activating group) is 1. The van der Waals surface area contributed by atoms with Gasteiger partial charge < -0.3 is 19.9 Å². The number of halogens is 1. The molecule has 7 heteroatoms. The van der Waals surface area contributed by atoms with E-state index in [2.05, 4.69) is 29.6 Å². The lowest BCUT2D eigenvalue weighted by molar-refractivity contribution is -0.135. The monoisotopic (exact) mass is 525 g/mol. The van der Waals surface area contributed by atoms with Crippen molar-refractivity contribution in [2.75, 3.05) is 39.0 Å². The SMILES string of the molecule is CN(C)CC(=O)N1CCC2(CC1)C(=O)Nc1cc(/C=C3\Cc4ccc(F)cc4OCc4ccccc43)ccc12. The van der Waals surface area contributed by atoms with Crippen LogP contribution in [0.5, 0.6) is 5.75 Å². The van der Waals surface area contributed by atoms with Gasteiger partial charge in [-0.1, -0.05) is 48.5 Å². The molecule has 2 amide bonds. The Hall–Kier alpha value is -3.97. The zero-order chi connectivity index (χ0) is 27.1. The average molecular weight is 526 g/mol. The third-order valence-corrected chi connectivity index (χ3v) is 8.16. The number of piperidine rings is 1. The van der Waals surface area contributed by atoms with Crippen molar-refractivity contribution >= 4 is 29.2 Å². The predicted molar refractivity (Wildman–Crippen MR) is 150 cm³/mol. The van der Waals surface area contributed by atoms with Crippen LogP contribution in [0.4, 0.5) is 10.1 Å². The van der Waals surface area contributed by atoms with Gasteiger partial charge in [0.15, 0.2) is 0 Å². The lowest BCUT2D eigenvalue weighted by atomic mass is 9.73. The molecule has 3 heterocycles. The molecule has 1 saturated heterocycles. The smallest absolute Gasteiger partial charge is 0.236 e. The zero-order valence-corrected chi connectivity index (χ0v) is 22.3. The molecule has 1 spiro atoms. The van der Waals surface area contributed by atoms with Gasteiger partial charge in [0.1, 0.15) is 18.2 Å². The summed E-state index contributed by atoms with van der Waals surface area (Å²) in [5.74, 6) is 0.370. The molecule has 0 bridgehead atoms. The molecule has 0 atom stereocenters. The van der Waals surface area contributed by atoms with Crippen molar-refractivity contribution in [2.24, 2.45) is 0 Å². The largest absolute Gasteiger partial charge is 0.488 e. The van der Waals surface area contributed by atoms with E-state index >= 15 is 0 Å². The van der Waals surface area contributed by atoms with E-state index in [1.807, 2.05) is 48.2 Å². The molecule has 3 aromatic rings. The van der Waals surface area contributed by atoms with E-state index in [1.54, 1.807) is 6.07 Å². The number of ether oxygens (including phenoxy) is 1. The van der Waals surface area contributed by atoms with Gasteiger partial charge in [0.2, 0.25) is 11.8 Å². The van der Waals surface area contributed by atoms with Crippen LogP contribution in [-0.2, 0) is 28.0 Å². The van der Waals surface area contributed by atoms with Crippen molar-refractivity contribution in [3.05, 3.63) is 94.3 Å². The standard InChI is InChI=1S/C32H32FN3O3/c1-35(2)19-30(37)36-13-11-32(12-14-36)27-10-7-21(16-28(27)34-31(32)38)15-24-17-22-8-9-25(33)18-29(22)39-20-23-5-3-4-6-26(23)24/h3-10,15-16,18H,11-14,17,19-20H2,1-2H3,(H,34,38)/b24-15+. The first-order valence-electron chi connectivity index (χ1n) is 13.4. The topological polar surface area (TPSA) is 61.9 Å². The number of carbonyl (C=O) groups excluding carboxylic acids is 2. The second-order valence-electron chi connectivity index (χ2n) is 11.0. The van der Waals surface area contributed by atoms with Gasteiger partial charge in [0.25, 0.3) is 0 Å². The van der Waals surface area contributed by atoms with Crippen molar-refractivity contribution in [3.63, 3.8) is 0 Å². The van der Waals surface area contributed by atoms with Crippen LogP contribution in [-0.4, -0.2) is 55.3 Å². The van der Waals surface area contributed by atoms with E-state index in [1.165, 1.54) is 12.1 Å². The number of benzene rings is 3. The molecule has 200 valence electrons. The summed E-state index contributed by atoms with van der Waals surface area (Å²) in [7, 11) is 3.77. The minimum atomic E-state index is -0.594. The number of nitrogens with zero attached hydrogens (tertiary/aromatic N) is 2. The molecular formula is C32H32FN3O3. The predicted octanol–water partition coefficient (Wildman–Crippen LogP) is 4.88. The van der Waals surface area contributed by atoms with Gasteiger partial charge in [-0.2, -0.15) is 0 Å². The number of nitrogens with one attached hydrogen (secondary N) is 1. The summed E-state index contributed by atoms with van der Waals surface area (Å²) in [4.78, 5) is 29.6. The van der Waals surface area contributed by atoms with Crippen LogP contribution in [0.2, 0.25) is 0 Å². The van der Waals surface area contributed by atoms with Gasteiger partial charge in [-0.05, 0) is 72.5 Å². The van der Waals surface area contributed by atoms with Crippen molar-refractivity contribution in [3.8, 4) is 5.75 Å². The average Bonchev–Trinajstić information content (AvgIpc) is 3.17. The fraction of sp³-hybridized carbons (Fsp3) is 0.312. The molecular weight excluding hydrogens is 493 g/mol. The summed E-state index contributed by atoms with van der Waals surface area (Å²) in [5.41, 5.74) is 6.43. The highest BCUT2D eigenvalue weighted by atomic mass is 19.1. The summed E-state index contributed by atoms with van der Waals surface area (Å²) in [5, 5.41) is 3.13. The van der Waals surface area contributed by atoms with Gasteiger partial charge in [-0.25, -0.2) is 4.39 Å². The number of likely N-dealkylation sites (tertiary alicyclic amines) is 1. The Morgan fingerprint density at radius 2 is 1.87 bits per heavy atom. The van der Waals surface area contributed by atoms with Crippen molar-refractivity contribution < 1.29 is 18.7 Å². The molecule has 3 aliphatic heterocycles. The van der Waals surface area contributed by atoms with E-state index < -0.39 is 5.41 Å². The Bertz CT molecular complexity index is 1490. The van der Waals surface area contributed by atoms with Crippen LogP contribution in [0, 0.1) is 5.82 Å². The van der Waals surface area contributed by atoms with E-state index in [9.17, 15) is 14.0 Å². The summed E-state index contributed by atoms with van der Waals surface area (Å²) in [6.45, 7) is 1.89. The lowest BCUT2D eigenvalue weighted by Crippen LogP contribution is -2.49. The third kappa shape index (κ3) is 4.72. The number of carbonyl (C=O) groups is 2. The molecule has 1 fully saturated rings. The summed E-state index contributed by atoms with van der Waals surface area (Å²) in [6.07, 6.45) is 3.98. The normalized spacial score (nSPS) is 18.6. The molecule has 3 aliphatic rings. The Morgan fingerprint density at radius 1 is 1.08 bits per heavy atom. The maximum atomic E-state index is 13.9. The Morgan fingerprint density at radius 3 is 2.67 bits per heavy atom. The van der Waals surface area contributed by atoms with Gasteiger partial charge in [-0.3, -0.25) is 9.59 Å². The molecule has 0 aromatic heterocycles. The number of allylic oxidation sites excluding steroid dienone is 1. The van der Waals surface area contributed by atoms with E-state index in [-0.39, 0.29) is 17.6 Å². The fourth-order valence-electron chi connectivity index (χ4n) is 6.10. The first-order valence-corrected chi connectivity index (χ1v) is 13.4. The minimum Gasteiger partial charge on any atom is -0.488 e. The summed E-state index contributed by atoms with van der Waals surface area (Å²) < 4.78 is 19.9. The van der Waals surface area contributed by atoms with Gasteiger partial charge >= 0.3 is 0 Å². The van der Waals surface area contributed by atoms with E-state index in [0.717, 1.165) is 39.1 Å². The van der Waals surface area contributed by atoms with Gasteiger partial charge in [-0.15, -0.1) is 0 Å². The third-order valence-electron chi connectivity index (χ3n) is 8.16. The second kappa shape index (κ2) is 9.97. The van der Waals surface area contributed by atoms with Crippen molar-refractivity contribution in [1.29, 1.82) is 0 Å². The summed E-state index contributed by atoms with van der Waals surface area (Å²) in [6, 6.07) is 19.0. The molecule has 6 rings (SSSR count). The van der Waals surface area contributed by atoms with Crippen LogP contribution in [0.3, 0.4) is 0 Å². The molecule has 0 radical (unpaired) electrons. The second-order valence-corrected chi connectivity index (χ2v) is 11.0. The molecule has 3 aromatic carbocycles. The lowest BCUT2D eigenvalue weighted by Gasteiger charge is -2.38. The maximum absolute atomic E-state index is 13.9. The molecule has 0 saturated carbocycles. The van der Waals surface area contributed by atoms with Crippen molar-refractivity contribution in [1.82, 2.24) is 9.80 Å². The Balaban J connectivity index is 1.31. The highest BCUT2D eigenvalue weighted by Crippen LogP contribution is 2.45. The maximum Gasteiger partial charge on any atom is 0.236 e. The Kier molecular flexibility index (Phi) is 6.47. The first-order chi connectivity index (χ1) is 18.8. The molecule has 1 N–H and O–H groups in total. The van der Waals surface area contributed by atoms with Crippen LogP contribution >= 0.6 is 0 Å². The van der Waals surface area contributed by atoms with Gasteiger partial charge in [0.05, 0.1) is 12.0 Å². The van der Waals surface area contributed by atoms with Crippen LogP contribution in [0.1, 0.15) is 40.7 Å². The molecule has 0 aliphatic carbocycles. The highest BCUT2D eigenvalue weighted by molar-refractivity contribution is 6.07. The number of hydrogen-bond donors (Lipinski definition) is 1. The number of hydrogen-bond acceptors (Lipinski definition) is 4. The minimum absolute atomic E-state index is 0.0198. The fourth-order valence-corrected chi connectivity index (χ4v) is 6.10. The first kappa shape index (κ1) is 25.3. The van der Waals surface area contributed by atoms with Gasteiger partial charge in [0, 0.05) is 31.3 Å². The molecule has 0 unspecified atom stereocenters. The van der Waals surface area contributed by atoms with E-state index in [4.69, 9.17) is 4.74 Å². The quantitative estimate of drug-likeness (QED) is 0.530. The van der Waals surface area contributed by atoms with E-state index in [0.29, 0.717) is 51.3 Å². The van der Waals surface area contributed by atoms with Crippen molar-refractivity contribution in [2.45, 2.75) is 31.3 Å².